The number of aromatic nitrogens is 4. The number of H-pyrrole nitrogens is 1. The Hall–Kier alpha value is -3.48. The second kappa shape index (κ2) is 8.54. The molecular formula is C23H14ClF8N5. The molecule has 5 rings (SSSR count). The fourth-order valence-corrected chi connectivity index (χ4v) is 4.59. The van der Waals surface area contributed by atoms with Crippen molar-refractivity contribution in [2.45, 2.75) is 31.7 Å². The van der Waals surface area contributed by atoms with Crippen LogP contribution in [0.1, 0.15) is 40.1 Å². The zero-order valence-electron chi connectivity index (χ0n) is 18.6. The third-order valence-electron chi connectivity index (χ3n) is 6.08. The summed E-state index contributed by atoms with van der Waals surface area (Å²) in [7, 11) is 0. The molecule has 5 nitrogen and oxygen atoms in total. The normalized spacial score (nSPS) is 16.4. The van der Waals surface area contributed by atoms with Gasteiger partial charge in [0.1, 0.15) is 6.04 Å². The molecule has 2 aromatic heterocycles. The first-order chi connectivity index (χ1) is 17.3. The van der Waals surface area contributed by atoms with Gasteiger partial charge in [-0.25, -0.2) is 13.8 Å². The van der Waals surface area contributed by atoms with E-state index in [1.165, 1.54) is 19.1 Å². The van der Waals surface area contributed by atoms with E-state index in [-0.39, 0.29) is 29.8 Å². The van der Waals surface area contributed by atoms with Crippen molar-refractivity contribution in [3.8, 4) is 0 Å². The average Bonchev–Trinajstić information content (AvgIpc) is 3.19. The number of fused-ring (bicyclic) bond motifs is 3. The molecule has 2 aromatic carbocycles. The number of halogens is 9. The van der Waals surface area contributed by atoms with Crippen LogP contribution in [0.4, 0.5) is 41.1 Å². The Morgan fingerprint density at radius 3 is 2.19 bits per heavy atom. The third-order valence-corrected chi connectivity index (χ3v) is 6.31. The van der Waals surface area contributed by atoms with Crippen LogP contribution in [0.25, 0.3) is 10.9 Å². The van der Waals surface area contributed by atoms with Gasteiger partial charge in [0.15, 0.2) is 11.6 Å². The fourth-order valence-electron chi connectivity index (χ4n) is 4.42. The van der Waals surface area contributed by atoms with Gasteiger partial charge in [0.05, 0.1) is 0 Å². The summed E-state index contributed by atoms with van der Waals surface area (Å²) in [6, 6.07) is 5.90. The lowest BCUT2D eigenvalue weighted by atomic mass is 9.91. The van der Waals surface area contributed by atoms with Crippen molar-refractivity contribution in [1.29, 1.82) is 0 Å². The molecule has 0 radical (unpaired) electrons. The second-order valence-electron chi connectivity index (χ2n) is 8.43. The van der Waals surface area contributed by atoms with Crippen molar-refractivity contribution in [2.24, 2.45) is 0 Å². The molecule has 37 heavy (non-hydrogen) atoms. The van der Waals surface area contributed by atoms with Crippen molar-refractivity contribution in [1.82, 2.24) is 19.9 Å². The highest BCUT2D eigenvalue weighted by Crippen LogP contribution is 2.42. The smallest absolute Gasteiger partial charge is 0.356 e. The number of hydrogen-bond donors (Lipinski definition) is 1. The monoisotopic (exact) mass is 547 g/mol. The summed E-state index contributed by atoms with van der Waals surface area (Å²) in [5.74, 6) is -7.61. The molecule has 0 fully saturated rings. The molecule has 0 saturated carbocycles. The molecule has 3 heterocycles. The van der Waals surface area contributed by atoms with E-state index in [2.05, 4.69) is 19.9 Å². The summed E-state index contributed by atoms with van der Waals surface area (Å²) in [5.41, 5.74) is 1.00. The number of aryl methyl sites for hydroxylation is 1. The molecule has 1 aliphatic rings. The molecule has 0 amide bonds. The molecule has 1 unspecified atom stereocenters. The maximum atomic E-state index is 15.2. The Morgan fingerprint density at radius 1 is 0.919 bits per heavy atom. The van der Waals surface area contributed by atoms with Crippen molar-refractivity contribution < 1.29 is 35.1 Å². The molecule has 0 spiro atoms. The third kappa shape index (κ3) is 4.34. The maximum absolute atomic E-state index is 15.2. The predicted molar refractivity (Wildman–Crippen MR) is 117 cm³/mol. The Bertz CT molecular complexity index is 1500. The molecule has 194 valence electrons. The van der Waals surface area contributed by atoms with E-state index in [4.69, 9.17) is 11.6 Å². The topological polar surface area (TPSA) is 57.7 Å². The van der Waals surface area contributed by atoms with E-state index >= 15 is 4.39 Å². The van der Waals surface area contributed by atoms with E-state index in [0.717, 1.165) is 4.90 Å². The second-order valence-corrected chi connectivity index (χ2v) is 8.87. The molecule has 0 saturated heterocycles. The molecule has 1 atom stereocenters. The van der Waals surface area contributed by atoms with Gasteiger partial charge in [0.2, 0.25) is 17.6 Å². The average molecular weight is 548 g/mol. The van der Waals surface area contributed by atoms with E-state index < -0.39 is 47.6 Å². The lowest BCUT2D eigenvalue weighted by Gasteiger charge is -2.36. The molecule has 1 N–H and O–H groups in total. The quantitative estimate of drug-likeness (QED) is 0.281. The zero-order chi connectivity index (χ0) is 26.9. The van der Waals surface area contributed by atoms with E-state index in [0.29, 0.717) is 21.5 Å². The van der Waals surface area contributed by atoms with E-state index in [9.17, 15) is 30.7 Å². The fraction of sp³-hybridized carbons (Fsp3) is 0.261. The van der Waals surface area contributed by atoms with Crippen LogP contribution in [-0.2, 0) is 18.8 Å². The van der Waals surface area contributed by atoms with Crippen LogP contribution < -0.4 is 4.90 Å². The van der Waals surface area contributed by atoms with Crippen LogP contribution in [0.5, 0.6) is 0 Å². The Labute approximate surface area is 208 Å². The summed E-state index contributed by atoms with van der Waals surface area (Å²) in [6.45, 7) is 1.10. The van der Waals surface area contributed by atoms with Crippen molar-refractivity contribution >= 4 is 28.5 Å². The first kappa shape index (κ1) is 25.2. The number of aromatic amines is 1. The number of rotatable bonds is 2. The van der Waals surface area contributed by atoms with Crippen molar-refractivity contribution in [2.75, 3.05) is 11.4 Å². The largest absolute Gasteiger partial charge is 0.451 e. The minimum Gasteiger partial charge on any atom is -0.356 e. The Balaban J connectivity index is 1.78. The summed E-state index contributed by atoms with van der Waals surface area (Å²) in [5, 5.41) is 1.01. The predicted octanol–water partition coefficient (Wildman–Crippen LogP) is 6.78. The van der Waals surface area contributed by atoms with Gasteiger partial charge < -0.3 is 9.88 Å². The minimum atomic E-state index is -5.33. The lowest BCUT2D eigenvalue weighted by Crippen LogP contribution is -2.39. The van der Waals surface area contributed by atoms with Crippen LogP contribution in [0.3, 0.4) is 0 Å². The summed E-state index contributed by atoms with van der Waals surface area (Å²) in [4.78, 5) is 13.1. The lowest BCUT2D eigenvalue weighted by molar-refractivity contribution is -0.155. The van der Waals surface area contributed by atoms with Gasteiger partial charge in [-0.05, 0) is 42.7 Å². The van der Waals surface area contributed by atoms with Gasteiger partial charge >= 0.3 is 12.4 Å². The first-order valence-corrected chi connectivity index (χ1v) is 11.0. The number of hydrogen-bond acceptors (Lipinski definition) is 4. The highest BCUT2D eigenvalue weighted by Gasteiger charge is 2.44. The van der Waals surface area contributed by atoms with Crippen LogP contribution >= 0.6 is 11.6 Å². The van der Waals surface area contributed by atoms with E-state index in [1.54, 1.807) is 18.2 Å². The number of nitrogens with zero attached hydrogens (tertiary/aromatic N) is 4. The van der Waals surface area contributed by atoms with Crippen LogP contribution in [-0.4, -0.2) is 26.5 Å². The van der Waals surface area contributed by atoms with Gasteiger partial charge in [-0.1, -0.05) is 23.7 Å². The van der Waals surface area contributed by atoms with Gasteiger partial charge in [0.25, 0.3) is 0 Å². The Morgan fingerprint density at radius 2 is 1.57 bits per heavy atom. The number of nitrogens with one attached hydrogen (secondary N) is 1. The highest BCUT2D eigenvalue weighted by molar-refractivity contribution is 6.31. The number of benzene rings is 2. The van der Waals surface area contributed by atoms with Crippen molar-refractivity contribution in [3.63, 3.8) is 0 Å². The van der Waals surface area contributed by atoms with Crippen LogP contribution in [0.15, 0.2) is 30.3 Å². The molecule has 1 aliphatic heterocycles. The number of alkyl halides is 6. The molecule has 0 aliphatic carbocycles. The van der Waals surface area contributed by atoms with Gasteiger partial charge in [0, 0.05) is 33.7 Å². The summed E-state index contributed by atoms with van der Waals surface area (Å²) < 4.78 is 110. The van der Waals surface area contributed by atoms with Crippen LogP contribution in [0, 0.1) is 18.6 Å². The Kier molecular flexibility index (Phi) is 5.81. The molecular weight excluding hydrogens is 534 g/mol. The molecule has 4 aromatic rings. The minimum absolute atomic E-state index is 0.0360. The zero-order valence-corrected chi connectivity index (χ0v) is 19.3. The molecule has 0 bridgehead atoms. The standard InChI is InChI=1S/C23H14ClF8N5/c1-9-2-4-12(16(26)15(9)25)18-17-11(13-8-10(24)3-5-14(13)33-17)6-7-37(18)21-35-19(22(27,28)29)34-20(36-21)23(30,31)32/h2-5,8,18,33H,6-7H2,1H3. The number of anilines is 1. The van der Waals surface area contributed by atoms with Gasteiger partial charge in [-0.2, -0.15) is 36.3 Å². The first-order valence-electron chi connectivity index (χ1n) is 10.7. The van der Waals surface area contributed by atoms with Crippen molar-refractivity contribution in [3.05, 3.63) is 81.0 Å². The van der Waals surface area contributed by atoms with Gasteiger partial charge in [-0.15, -0.1) is 0 Å². The van der Waals surface area contributed by atoms with Crippen LogP contribution in [0.2, 0.25) is 5.02 Å². The highest BCUT2D eigenvalue weighted by atomic mass is 35.5. The molecule has 14 heteroatoms. The summed E-state index contributed by atoms with van der Waals surface area (Å²) in [6.07, 6.45) is -10.5. The summed E-state index contributed by atoms with van der Waals surface area (Å²) >= 11 is 6.11. The van der Waals surface area contributed by atoms with Gasteiger partial charge in [-0.3, -0.25) is 0 Å². The van der Waals surface area contributed by atoms with E-state index in [1.807, 2.05) is 0 Å². The SMILES string of the molecule is Cc1ccc(C2c3[nH]c4ccc(Cl)cc4c3CCN2c2nc(C(F)(F)F)nc(C(F)(F)F)n2)c(F)c1F. The maximum Gasteiger partial charge on any atom is 0.451 e.